The predicted molar refractivity (Wildman–Crippen MR) is 71.0 cm³/mol. The summed E-state index contributed by atoms with van der Waals surface area (Å²) in [5, 5.41) is 20.1. The number of rotatable bonds is 3. The van der Waals surface area contributed by atoms with Gasteiger partial charge in [-0.3, -0.25) is 0 Å². The van der Waals surface area contributed by atoms with E-state index in [2.05, 4.69) is 0 Å². The van der Waals surface area contributed by atoms with Gasteiger partial charge >= 0.3 is 0 Å². The van der Waals surface area contributed by atoms with Crippen molar-refractivity contribution in [1.29, 1.82) is 0 Å². The first-order chi connectivity index (χ1) is 9.33. The summed E-state index contributed by atoms with van der Waals surface area (Å²) in [6.07, 6.45) is -0.426. The van der Waals surface area contributed by atoms with Crippen molar-refractivity contribution in [1.82, 2.24) is 0 Å². The molecule has 0 aromatic carbocycles. The summed E-state index contributed by atoms with van der Waals surface area (Å²) in [7, 11) is 1.63. The van der Waals surface area contributed by atoms with Gasteiger partial charge in [-0.1, -0.05) is 0 Å². The number of aliphatic hydroxyl groups excluding tert-OH is 1. The molecule has 0 aromatic rings. The normalized spacial score (nSPS) is 50.1. The van der Waals surface area contributed by atoms with Crippen LogP contribution in [0, 0.1) is 0 Å². The quantitative estimate of drug-likeness (QED) is 0.800. The van der Waals surface area contributed by atoms with E-state index in [0.29, 0.717) is 0 Å². The van der Waals surface area contributed by atoms with Gasteiger partial charge in [-0.05, 0) is 27.2 Å². The van der Waals surface area contributed by atoms with E-state index in [0.717, 1.165) is 12.8 Å². The Kier molecular flexibility index (Phi) is 5.05. The van der Waals surface area contributed by atoms with Crippen molar-refractivity contribution in [2.75, 3.05) is 7.11 Å². The minimum atomic E-state index is -1.20. The van der Waals surface area contributed by atoms with Gasteiger partial charge in [0.1, 0.15) is 6.10 Å². The summed E-state index contributed by atoms with van der Waals surface area (Å²) in [5.74, 6) is 0. The summed E-state index contributed by atoms with van der Waals surface area (Å²) >= 11 is 0. The molecule has 0 bridgehead atoms. The maximum absolute atomic E-state index is 10.2. The van der Waals surface area contributed by atoms with Crippen molar-refractivity contribution in [3.63, 3.8) is 0 Å². The molecular weight excluding hydrogens is 264 g/mol. The topological polar surface area (TPSA) is 77.4 Å². The maximum Gasteiger partial charge on any atom is 0.161 e. The van der Waals surface area contributed by atoms with E-state index >= 15 is 0 Å². The SMILES string of the molecule is CO[C@@H]1CC[C@H](O[C@H]2C[C@@](C)(O)[C@H](O)[C@H](C)O2)[C@@H](C)O1. The molecule has 7 atom stereocenters. The molecule has 20 heavy (non-hydrogen) atoms. The van der Waals surface area contributed by atoms with Crippen LogP contribution in [0.2, 0.25) is 0 Å². The van der Waals surface area contributed by atoms with E-state index in [1.807, 2.05) is 6.92 Å². The molecule has 2 aliphatic heterocycles. The lowest BCUT2D eigenvalue weighted by Gasteiger charge is -2.44. The first-order valence-electron chi connectivity index (χ1n) is 7.23. The third kappa shape index (κ3) is 3.50. The van der Waals surface area contributed by atoms with E-state index in [1.54, 1.807) is 21.0 Å². The van der Waals surface area contributed by atoms with Gasteiger partial charge in [0.2, 0.25) is 0 Å². The molecule has 0 spiro atoms. The highest BCUT2D eigenvalue weighted by Gasteiger charge is 2.44. The van der Waals surface area contributed by atoms with Crippen LogP contribution in [0.3, 0.4) is 0 Å². The van der Waals surface area contributed by atoms with Gasteiger partial charge < -0.3 is 29.2 Å². The number of aliphatic hydroxyl groups is 2. The molecule has 0 unspecified atom stereocenters. The van der Waals surface area contributed by atoms with Gasteiger partial charge in [-0.15, -0.1) is 0 Å². The molecule has 118 valence electrons. The van der Waals surface area contributed by atoms with Crippen molar-refractivity contribution in [2.24, 2.45) is 0 Å². The van der Waals surface area contributed by atoms with Gasteiger partial charge in [0, 0.05) is 20.0 Å². The minimum absolute atomic E-state index is 0.0929. The molecule has 2 N–H and O–H groups in total. The van der Waals surface area contributed by atoms with Crippen molar-refractivity contribution < 1.29 is 29.2 Å². The number of hydrogen-bond donors (Lipinski definition) is 2. The molecule has 2 saturated heterocycles. The fraction of sp³-hybridized carbons (Fsp3) is 1.00. The Hall–Kier alpha value is -0.240. The molecule has 6 heteroatoms. The molecule has 2 fully saturated rings. The standard InChI is InChI=1S/C14H26O6/c1-8-10(5-6-11(17-4)18-8)20-12-7-14(3,16)13(15)9(2)19-12/h8-13,15-16H,5-7H2,1-4H3/t8-,9+,10+,11+,12+,13-,14-/m1/s1. The lowest BCUT2D eigenvalue weighted by molar-refractivity contribution is -0.306. The number of hydrogen-bond acceptors (Lipinski definition) is 6. The molecule has 0 amide bonds. The third-order valence-electron chi connectivity index (χ3n) is 4.19. The summed E-state index contributed by atoms with van der Waals surface area (Å²) < 4.78 is 22.4. The monoisotopic (exact) mass is 290 g/mol. The van der Waals surface area contributed by atoms with Crippen LogP contribution in [0.25, 0.3) is 0 Å². The summed E-state index contributed by atoms with van der Waals surface area (Å²) in [6, 6.07) is 0. The third-order valence-corrected chi connectivity index (χ3v) is 4.19. The molecule has 0 radical (unpaired) electrons. The lowest BCUT2D eigenvalue weighted by Crippen LogP contribution is -2.56. The Labute approximate surface area is 120 Å². The molecule has 2 heterocycles. The Balaban J connectivity index is 1.90. The van der Waals surface area contributed by atoms with Crippen molar-refractivity contribution in [2.45, 2.75) is 82.6 Å². The molecule has 0 saturated carbocycles. The highest BCUT2D eigenvalue weighted by atomic mass is 16.7. The van der Waals surface area contributed by atoms with Crippen LogP contribution in [0.1, 0.15) is 40.0 Å². The molecular formula is C14H26O6. The highest BCUT2D eigenvalue weighted by Crippen LogP contribution is 2.32. The fourth-order valence-electron chi connectivity index (χ4n) is 2.88. The number of methoxy groups -OCH3 is 1. The zero-order valence-electron chi connectivity index (χ0n) is 12.6. The Morgan fingerprint density at radius 1 is 1.10 bits per heavy atom. The van der Waals surface area contributed by atoms with Crippen LogP contribution in [0.5, 0.6) is 0 Å². The van der Waals surface area contributed by atoms with Crippen LogP contribution >= 0.6 is 0 Å². The van der Waals surface area contributed by atoms with Crippen LogP contribution in [0.4, 0.5) is 0 Å². The Bertz CT molecular complexity index is 321. The van der Waals surface area contributed by atoms with Gasteiger partial charge in [-0.2, -0.15) is 0 Å². The van der Waals surface area contributed by atoms with Crippen molar-refractivity contribution >= 4 is 0 Å². The van der Waals surface area contributed by atoms with Crippen LogP contribution < -0.4 is 0 Å². The first kappa shape index (κ1) is 16.1. The molecule has 2 rings (SSSR count). The van der Waals surface area contributed by atoms with Crippen molar-refractivity contribution in [3.8, 4) is 0 Å². The summed E-state index contributed by atoms with van der Waals surface area (Å²) in [5.41, 5.74) is -1.20. The zero-order chi connectivity index (χ0) is 14.9. The second-order valence-corrected chi connectivity index (χ2v) is 6.04. The van der Waals surface area contributed by atoms with E-state index in [-0.39, 0.29) is 24.9 Å². The predicted octanol–water partition coefficient (Wildman–Crippen LogP) is 0.790. The average Bonchev–Trinajstić information content (AvgIpc) is 2.38. The molecule has 6 nitrogen and oxygen atoms in total. The first-order valence-corrected chi connectivity index (χ1v) is 7.23. The second kappa shape index (κ2) is 6.25. The highest BCUT2D eigenvalue weighted by molar-refractivity contribution is 4.91. The van der Waals surface area contributed by atoms with Crippen LogP contribution in [-0.4, -0.2) is 59.9 Å². The number of ether oxygens (including phenoxy) is 4. The van der Waals surface area contributed by atoms with E-state index in [1.165, 1.54) is 0 Å². The van der Waals surface area contributed by atoms with Gasteiger partial charge in [0.15, 0.2) is 12.6 Å². The minimum Gasteiger partial charge on any atom is -0.387 e. The van der Waals surface area contributed by atoms with Crippen molar-refractivity contribution in [3.05, 3.63) is 0 Å². The maximum atomic E-state index is 10.2. The van der Waals surface area contributed by atoms with Crippen LogP contribution in [0.15, 0.2) is 0 Å². The molecule has 0 aromatic heterocycles. The summed E-state index contributed by atoms with van der Waals surface area (Å²) in [6.45, 7) is 5.28. The van der Waals surface area contributed by atoms with E-state index in [9.17, 15) is 10.2 Å². The van der Waals surface area contributed by atoms with E-state index in [4.69, 9.17) is 18.9 Å². The smallest absolute Gasteiger partial charge is 0.161 e. The second-order valence-electron chi connectivity index (χ2n) is 6.04. The van der Waals surface area contributed by atoms with Gasteiger partial charge in [0.25, 0.3) is 0 Å². The Morgan fingerprint density at radius 3 is 2.30 bits per heavy atom. The molecule has 0 aliphatic carbocycles. The zero-order valence-corrected chi connectivity index (χ0v) is 12.6. The van der Waals surface area contributed by atoms with E-state index < -0.39 is 24.1 Å². The lowest BCUT2D eigenvalue weighted by atomic mass is 9.89. The largest absolute Gasteiger partial charge is 0.387 e. The van der Waals surface area contributed by atoms with Gasteiger partial charge in [-0.25, -0.2) is 0 Å². The van der Waals surface area contributed by atoms with Gasteiger partial charge in [0.05, 0.1) is 23.9 Å². The average molecular weight is 290 g/mol. The Morgan fingerprint density at radius 2 is 1.75 bits per heavy atom. The fourth-order valence-corrected chi connectivity index (χ4v) is 2.88. The van der Waals surface area contributed by atoms with Crippen LogP contribution in [-0.2, 0) is 18.9 Å². The molecule has 2 aliphatic rings. The summed E-state index contributed by atoms with van der Waals surface area (Å²) in [4.78, 5) is 0.